The zero-order valence-corrected chi connectivity index (χ0v) is 11.8. The molecule has 0 bridgehead atoms. The second kappa shape index (κ2) is 6.43. The predicted octanol–water partition coefficient (Wildman–Crippen LogP) is 2.18. The van der Waals surface area contributed by atoms with Crippen LogP contribution >= 0.6 is 0 Å². The van der Waals surface area contributed by atoms with Crippen LogP contribution in [0.15, 0.2) is 23.4 Å². The first-order valence-electron chi connectivity index (χ1n) is 6.85. The molecule has 7 heteroatoms. The van der Waals surface area contributed by atoms with Crippen molar-refractivity contribution in [2.75, 3.05) is 18.4 Å². The zero-order chi connectivity index (χ0) is 15.4. The maximum Gasteiger partial charge on any atom is 0.321 e. The Kier molecular flexibility index (Phi) is 4.62. The molecule has 0 atom stereocenters. The molecular weight excluding hydrogens is 275 g/mol. The van der Waals surface area contributed by atoms with Gasteiger partial charge in [0.15, 0.2) is 5.84 Å². The first-order valence-corrected chi connectivity index (χ1v) is 6.85. The lowest BCUT2D eigenvalue weighted by Crippen LogP contribution is -2.41. The van der Waals surface area contributed by atoms with E-state index in [1.807, 2.05) is 0 Å². The zero-order valence-electron chi connectivity index (χ0n) is 11.8. The molecule has 0 spiro atoms. The molecule has 2 amide bonds. The van der Waals surface area contributed by atoms with Crippen LogP contribution in [0.25, 0.3) is 0 Å². The Hall–Kier alpha value is -2.31. The van der Waals surface area contributed by atoms with Crippen LogP contribution in [0.3, 0.4) is 0 Å². The van der Waals surface area contributed by atoms with Crippen LogP contribution in [0.2, 0.25) is 0 Å². The second-order valence-corrected chi connectivity index (χ2v) is 5.25. The molecule has 114 valence electrons. The van der Waals surface area contributed by atoms with Crippen molar-refractivity contribution in [2.45, 2.75) is 19.8 Å². The summed E-state index contributed by atoms with van der Waals surface area (Å²) in [4.78, 5) is 13.9. The fourth-order valence-corrected chi connectivity index (χ4v) is 2.34. The highest BCUT2D eigenvalue weighted by molar-refractivity contribution is 6.05. The molecule has 6 nitrogen and oxygen atoms in total. The van der Waals surface area contributed by atoms with Gasteiger partial charge in [-0.15, -0.1) is 0 Å². The fraction of sp³-hybridized carbons (Fsp3) is 0.429. The Morgan fingerprint density at radius 3 is 2.76 bits per heavy atom. The van der Waals surface area contributed by atoms with Gasteiger partial charge < -0.3 is 21.2 Å². The van der Waals surface area contributed by atoms with Crippen LogP contribution in [0.5, 0.6) is 0 Å². The van der Waals surface area contributed by atoms with E-state index in [1.54, 1.807) is 4.90 Å². The van der Waals surface area contributed by atoms with Gasteiger partial charge in [0.25, 0.3) is 0 Å². The maximum absolute atomic E-state index is 13.8. The van der Waals surface area contributed by atoms with E-state index in [1.165, 1.54) is 18.2 Å². The van der Waals surface area contributed by atoms with Crippen molar-refractivity contribution < 1.29 is 14.4 Å². The molecule has 4 N–H and O–H groups in total. The van der Waals surface area contributed by atoms with E-state index in [0.717, 1.165) is 12.8 Å². The Balaban J connectivity index is 2.16. The smallest absolute Gasteiger partial charge is 0.321 e. The molecule has 1 saturated heterocycles. The van der Waals surface area contributed by atoms with Gasteiger partial charge in [-0.2, -0.15) is 0 Å². The standard InChI is InChI=1S/C14H19FN4O2/c1-9-5-7-19(8-6-9)14(20)17-11-4-2-3-10(15)12(11)13(16)18-21/h2-4,9,21H,5-8H2,1H3,(H2,16,18)(H,17,20). The summed E-state index contributed by atoms with van der Waals surface area (Å²) in [6, 6.07) is 3.85. The minimum atomic E-state index is -0.657. The summed E-state index contributed by atoms with van der Waals surface area (Å²) in [5.74, 6) is -0.429. The van der Waals surface area contributed by atoms with Crippen LogP contribution in [-0.4, -0.2) is 35.1 Å². The second-order valence-electron chi connectivity index (χ2n) is 5.25. The van der Waals surface area contributed by atoms with E-state index in [-0.39, 0.29) is 23.1 Å². The number of nitrogens with two attached hydrogens (primary N) is 1. The number of urea groups is 1. The Morgan fingerprint density at radius 1 is 1.48 bits per heavy atom. The van der Waals surface area contributed by atoms with E-state index < -0.39 is 5.82 Å². The molecule has 0 saturated carbocycles. The van der Waals surface area contributed by atoms with Crippen molar-refractivity contribution >= 4 is 17.6 Å². The molecule has 0 unspecified atom stereocenters. The highest BCUT2D eigenvalue weighted by Gasteiger charge is 2.22. The van der Waals surface area contributed by atoms with Crippen molar-refractivity contribution in [1.29, 1.82) is 0 Å². The normalized spacial score (nSPS) is 16.9. The number of halogens is 1. The molecular formula is C14H19FN4O2. The Labute approximate surface area is 122 Å². The lowest BCUT2D eigenvalue weighted by atomic mass is 10.00. The monoisotopic (exact) mass is 294 g/mol. The number of anilines is 1. The third-order valence-corrected chi connectivity index (χ3v) is 3.69. The number of carbonyl (C=O) groups is 1. The van der Waals surface area contributed by atoms with Crippen molar-refractivity contribution in [3.05, 3.63) is 29.6 Å². The molecule has 1 aliphatic rings. The average Bonchev–Trinajstić information content (AvgIpc) is 2.47. The van der Waals surface area contributed by atoms with Gasteiger partial charge in [-0.3, -0.25) is 0 Å². The van der Waals surface area contributed by atoms with Gasteiger partial charge in [-0.25, -0.2) is 9.18 Å². The van der Waals surface area contributed by atoms with Crippen LogP contribution in [0.1, 0.15) is 25.3 Å². The minimum Gasteiger partial charge on any atom is -0.409 e. The number of oxime groups is 1. The van der Waals surface area contributed by atoms with Gasteiger partial charge in [-0.05, 0) is 30.9 Å². The topological polar surface area (TPSA) is 91.0 Å². The van der Waals surface area contributed by atoms with Crippen molar-refractivity contribution in [2.24, 2.45) is 16.8 Å². The van der Waals surface area contributed by atoms with Crippen molar-refractivity contribution in [1.82, 2.24) is 4.90 Å². The number of amides is 2. The lowest BCUT2D eigenvalue weighted by molar-refractivity contribution is 0.186. The number of benzene rings is 1. The van der Waals surface area contributed by atoms with E-state index >= 15 is 0 Å². The number of hydrogen-bond donors (Lipinski definition) is 3. The lowest BCUT2D eigenvalue weighted by Gasteiger charge is -2.30. The summed E-state index contributed by atoms with van der Waals surface area (Å²) < 4.78 is 13.8. The highest BCUT2D eigenvalue weighted by atomic mass is 19.1. The first kappa shape index (κ1) is 15.1. The summed E-state index contributed by atoms with van der Waals surface area (Å²) in [6.45, 7) is 3.49. The number of rotatable bonds is 2. The number of amidine groups is 1. The van der Waals surface area contributed by atoms with Crippen LogP contribution in [-0.2, 0) is 0 Å². The summed E-state index contributed by atoms with van der Waals surface area (Å²) in [7, 11) is 0. The predicted molar refractivity (Wildman–Crippen MR) is 77.9 cm³/mol. The number of hydrogen-bond acceptors (Lipinski definition) is 3. The number of piperidine rings is 1. The third kappa shape index (κ3) is 3.42. The van der Waals surface area contributed by atoms with Gasteiger partial charge in [-0.1, -0.05) is 18.1 Å². The van der Waals surface area contributed by atoms with Crippen molar-refractivity contribution in [3.63, 3.8) is 0 Å². The number of nitrogens with zero attached hydrogens (tertiary/aromatic N) is 2. The summed E-state index contributed by atoms with van der Waals surface area (Å²) in [6.07, 6.45) is 1.90. The maximum atomic E-state index is 13.8. The highest BCUT2D eigenvalue weighted by Crippen LogP contribution is 2.21. The van der Waals surface area contributed by atoms with Crippen LogP contribution in [0, 0.1) is 11.7 Å². The minimum absolute atomic E-state index is 0.112. The number of likely N-dealkylation sites (tertiary alicyclic amines) is 1. The van der Waals surface area contributed by atoms with E-state index in [9.17, 15) is 9.18 Å². The van der Waals surface area contributed by atoms with E-state index in [4.69, 9.17) is 10.9 Å². The molecule has 1 aliphatic heterocycles. The quantitative estimate of drug-likeness (QED) is 0.338. The third-order valence-electron chi connectivity index (χ3n) is 3.69. The Morgan fingerprint density at radius 2 is 2.14 bits per heavy atom. The van der Waals surface area contributed by atoms with Gasteiger partial charge in [0.2, 0.25) is 0 Å². The molecule has 1 heterocycles. The fourth-order valence-electron chi connectivity index (χ4n) is 2.34. The summed E-state index contributed by atoms with van der Waals surface area (Å²) in [5, 5.41) is 14.1. The molecule has 2 rings (SSSR count). The first-order chi connectivity index (χ1) is 10.0. The molecule has 1 aromatic rings. The SMILES string of the molecule is CC1CCN(C(=O)Nc2cccc(F)c2C(N)=NO)CC1. The van der Waals surface area contributed by atoms with Crippen LogP contribution < -0.4 is 11.1 Å². The summed E-state index contributed by atoms with van der Waals surface area (Å²) >= 11 is 0. The molecule has 21 heavy (non-hydrogen) atoms. The molecule has 1 fully saturated rings. The van der Waals surface area contributed by atoms with E-state index in [0.29, 0.717) is 19.0 Å². The summed E-state index contributed by atoms with van der Waals surface area (Å²) in [5.41, 5.74) is 5.54. The van der Waals surface area contributed by atoms with Gasteiger partial charge in [0, 0.05) is 13.1 Å². The van der Waals surface area contributed by atoms with Crippen molar-refractivity contribution in [3.8, 4) is 0 Å². The van der Waals surface area contributed by atoms with Gasteiger partial charge >= 0.3 is 6.03 Å². The molecule has 0 aromatic heterocycles. The average molecular weight is 294 g/mol. The molecule has 0 radical (unpaired) electrons. The molecule has 0 aliphatic carbocycles. The van der Waals surface area contributed by atoms with Gasteiger partial charge in [0.1, 0.15) is 5.82 Å². The number of carbonyl (C=O) groups excluding carboxylic acids is 1. The Bertz CT molecular complexity index is 554. The number of nitrogens with one attached hydrogen (secondary N) is 1. The van der Waals surface area contributed by atoms with E-state index in [2.05, 4.69) is 17.4 Å². The van der Waals surface area contributed by atoms with Gasteiger partial charge in [0.05, 0.1) is 11.3 Å². The molecule has 1 aromatic carbocycles. The largest absolute Gasteiger partial charge is 0.409 e. The van der Waals surface area contributed by atoms with Crippen LogP contribution in [0.4, 0.5) is 14.9 Å².